The summed E-state index contributed by atoms with van der Waals surface area (Å²) >= 11 is 0. The van der Waals surface area contributed by atoms with Gasteiger partial charge in [-0.3, -0.25) is 0 Å². The van der Waals surface area contributed by atoms with Gasteiger partial charge in [0.2, 0.25) is 0 Å². The Hall–Kier alpha value is -2.87. The van der Waals surface area contributed by atoms with Gasteiger partial charge in [-0.25, -0.2) is 4.79 Å². The van der Waals surface area contributed by atoms with Crippen LogP contribution in [0.15, 0.2) is 66.7 Å². The predicted octanol–water partition coefficient (Wildman–Crippen LogP) is 5.20. The molecule has 23 heavy (non-hydrogen) atoms. The van der Waals surface area contributed by atoms with Crippen molar-refractivity contribution in [1.82, 2.24) is 0 Å². The van der Waals surface area contributed by atoms with Gasteiger partial charge in [-0.2, -0.15) is 0 Å². The molecule has 0 saturated heterocycles. The number of carbonyl (C=O) groups is 1. The van der Waals surface area contributed by atoms with Crippen molar-refractivity contribution in [2.75, 3.05) is 0 Å². The highest BCUT2D eigenvalue weighted by Crippen LogP contribution is 2.36. The minimum absolute atomic E-state index is 0.264. The first-order valence-electron chi connectivity index (χ1n) is 7.63. The van der Waals surface area contributed by atoms with Crippen LogP contribution in [0.1, 0.15) is 12.5 Å². The van der Waals surface area contributed by atoms with E-state index in [0.29, 0.717) is 5.57 Å². The van der Waals surface area contributed by atoms with Crippen molar-refractivity contribution < 1.29 is 9.53 Å². The highest BCUT2D eigenvalue weighted by Gasteiger charge is 2.12. The summed E-state index contributed by atoms with van der Waals surface area (Å²) in [6, 6.07) is 19.0. The molecular formula is C21H16O2. The fourth-order valence-corrected chi connectivity index (χ4v) is 3.19. The fraction of sp³-hybridized carbons (Fsp3) is 0.0952. The minimum Gasteiger partial charge on any atom is -0.457 e. The average Bonchev–Trinajstić information content (AvgIpc) is 2.58. The summed E-state index contributed by atoms with van der Waals surface area (Å²) < 4.78 is 5.34. The van der Waals surface area contributed by atoms with Gasteiger partial charge < -0.3 is 4.74 Å². The summed E-state index contributed by atoms with van der Waals surface area (Å²) in [5.74, 6) is -0.351. The summed E-state index contributed by atoms with van der Waals surface area (Å²) in [4.78, 5) is 11.7. The first kappa shape index (κ1) is 13.8. The van der Waals surface area contributed by atoms with Crippen molar-refractivity contribution in [3.05, 3.63) is 72.3 Å². The van der Waals surface area contributed by atoms with Gasteiger partial charge in [0.15, 0.2) is 0 Å². The monoisotopic (exact) mass is 300 g/mol. The molecule has 112 valence electrons. The van der Waals surface area contributed by atoms with Crippen molar-refractivity contribution in [2.45, 2.75) is 13.5 Å². The second kappa shape index (κ2) is 5.10. The number of carbonyl (C=O) groups excluding carboxylic acids is 1. The lowest BCUT2D eigenvalue weighted by Crippen LogP contribution is -2.05. The van der Waals surface area contributed by atoms with E-state index >= 15 is 0 Å². The molecule has 4 aromatic carbocycles. The largest absolute Gasteiger partial charge is 0.457 e. The van der Waals surface area contributed by atoms with Gasteiger partial charge in [-0.05, 0) is 44.8 Å². The number of rotatable bonds is 3. The maximum absolute atomic E-state index is 11.7. The second-order valence-corrected chi connectivity index (χ2v) is 5.94. The van der Waals surface area contributed by atoms with Crippen LogP contribution in [0.25, 0.3) is 32.3 Å². The molecule has 0 atom stereocenters. The van der Waals surface area contributed by atoms with Crippen LogP contribution in [-0.4, -0.2) is 5.97 Å². The number of hydrogen-bond donors (Lipinski definition) is 0. The fourth-order valence-electron chi connectivity index (χ4n) is 3.19. The molecule has 0 heterocycles. The summed E-state index contributed by atoms with van der Waals surface area (Å²) in [5, 5.41) is 7.33. The average molecular weight is 300 g/mol. The van der Waals surface area contributed by atoms with Crippen LogP contribution in [0.5, 0.6) is 0 Å². The molecule has 0 radical (unpaired) electrons. The third-order valence-electron chi connectivity index (χ3n) is 4.33. The molecule has 0 aliphatic rings. The molecule has 0 spiro atoms. The van der Waals surface area contributed by atoms with Gasteiger partial charge in [0.05, 0.1) is 0 Å². The van der Waals surface area contributed by atoms with E-state index in [9.17, 15) is 4.79 Å². The van der Waals surface area contributed by atoms with E-state index in [2.05, 4.69) is 55.1 Å². The van der Waals surface area contributed by atoms with Crippen molar-refractivity contribution in [2.24, 2.45) is 0 Å². The Labute approximate surface area is 134 Å². The molecule has 0 aromatic heterocycles. The Morgan fingerprint density at radius 1 is 0.913 bits per heavy atom. The number of hydrogen-bond acceptors (Lipinski definition) is 2. The zero-order chi connectivity index (χ0) is 16.0. The summed E-state index contributed by atoms with van der Waals surface area (Å²) in [6.45, 7) is 5.54. The summed E-state index contributed by atoms with van der Waals surface area (Å²) in [6.07, 6.45) is 0. The number of ether oxygens (including phenoxy) is 1. The van der Waals surface area contributed by atoms with Crippen LogP contribution in [0.3, 0.4) is 0 Å². The lowest BCUT2D eigenvalue weighted by molar-refractivity contribution is -0.140. The van der Waals surface area contributed by atoms with Gasteiger partial charge in [0, 0.05) is 5.57 Å². The predicted molar refractivity (Wildman–Crippen MR) is 94.8 cm³/mol. The lowest BCUT2D eigenvalue weighted by atomic mass is 9.92. The SMILES string of the molecule is C=C(C)C(=O)OCc1ccc2ccc3cccc4ccc1c2c34. The molecule has 0 unspecified atom stereocenters. The topological polar surface area (TPSA) is 26.3 Å². The first-order chi connectivity index (χ1) is 11.1. The van der Waals surface area contributed by atoms with Crippen LogP contribution in [0, 0.1) is 0 Å². The van der Waals surface area contributed by atoms with E-state index in [1.807, 2.05) is 6.07 Å². The lowest BCUT2D eigenvalue weighted by Gasteiger charge is -2.14. The van der Waals surface area contributed by atoms with Crippen molar-refractivity contribution in [3.8, 4) is 0 Å². The maximum Gasteiger partial charge on any atom is 0.333 e. The molecule has 4 rings (SSSR count). The highest BCUT2D eigenvalue weighted by molar-refractivity contribution is 6.23. The molecule has 2 heteroatoms. The molecule has 0 saturated carbocycles. The Balaban J connectivity index is 1.93. The molecule has 4 aromatic rings. The quantitative estimate of drug-likeness (QED) is 0.295. The van der Waals surface area contributed by atoms with E-state index in [1.165, 1.54) is 26.9 Å². The normalized spacial score (nSPS) is 11.3. The second-order valence-electron chi connectivity index (χ2n) is 5.94. The molecule has 0 aliphatic carbocycles. The molecular weight excluding hydrogens is 284 g/mol. The highest BCUT2D eigenvalue weighted by atomic mass is 16.5. The maximum atomic E-state index is 11.7. The standard InChI is InChI=1S/C21H16O2/c1-13(2)21(22)23-12-17-9-8-16-7-6-14-4-3-5-15-10-11-18(17)20(16)19(14)15/h3-11H,1,12H2,2H3. The van der Waals surface area contributed by atoms with Crippen molar-refractivity contribution in [1.29, 1.82) is 0 Å². The summed E-state index contributed by atoms with van der Waals surface area (Å²) in [5.41, 5.74) is 1.44. The molecule has 0 fully saturated rings. The summed E-state index contributed by atoms with van der Waals surface area (Å²) in [7, 11) is 0. The third-order valence-corrected chi connectivity index (χ3v) is 4.33. The van der Waals surface area contributed by atoms with Gasteiger partial charge in [-0.1, -0.05) is 61.2 Å². The Morgan fingerprint density at radius 2 is 1.52 bits per heavy atom. The minimum atomic E-state index is -0.351. The van der Waals surface area contributed by atoms with E-state index in [4.69, 9.17) is 4.74 Å². The molecule has 0 amide bonds. The van der Waals surface area contributed by atoms with Crippen LogP contribution in [0.4, 0.5) is 0 Å². The third kappa shape index (κ3) is 2.15. The Kier molecular flexibility index (Phi) is 3.05. The first-order valence-corrected chi connectivity index (χ1v) is 7.63. The van der Waals surface area contributed by atoms with Crippen LogP contribution >= 0.6 is 0 Å². The number of esters is 1. The van der Waals surface area contributed by atoms with E-state index in [-0.39, 0.29) is 12.6 Å². The van der Waals surface area contributed by atoms with Crippen molar-refractivity contribution >= 4 is 38.3 Å². The van der Waals surface area contributed by atoms with Crippen LogP contribution < -0.4 is 0 Å². The molecule has 0 N–H and O–H groups in total. The van der Waals surface area contributed by atoms with E-state index < -0.39 is 0 Å². The molecule has 2 nitrogen and oxygen atoms in total. The smallest absolute Gasteiger partial charge is 0.333 e. The van der Waals surface area contributed by atoms with Gasteiger partial charge in [0.1, 0.15) is 6.61 Å². The van der Waals surface area contributed by atoms with Crippen molar-refractivity contribution in [3.63, 3.8) is 0 Å². The number of benzene rings is 4. The van der Waals surface area contributed by atoms with Gasteiger partial charge >= 0.3 is 5.97 Å². The van der Waals surface area contributed by atoms with E-state index in [1.54, 1.807) is 6.92 Å². The zero-order valence-corrected chi connectivity index (χ0v) is 12.9. The molecule has 0 bridgehead atoms. The Bertz CT molecular complexity index is 1040. The van der Waals surface area contributed by atoms with Crippen LogP contribution in [-0.2, 0) is 16.1 Å². The van der Waals surface area contributed by atoms with Crippen LogP contribution in [0.2, 0.25) is 0 Å². The van der Waals surface area contributed by atoms with Gasteiger partial charge in [0.25, 0.3) is 0 Å². The Morgan fingerprint density at radius 3 is 2.22 bits per heavy atom. The van der Waals surface area contributed by atoms with Gasteiger partial charge in [-0.15, -0.1) is 0 Å². The molecule has 0 aliphatic heterocycles. The van der Waals surface area contributed by atoms with E-state index in [0.717, 1.165) is 10.9 Å². The zero-order valence-electron chi connectivity index (χ0n) is 12.9.